The fourth-order valence-electron chi connectivity index (χ4n) is 3.77. The van der Waals surface area contributed by atoms with Crippen LogP contribution in [0.4, 0.5) is 0 Å². The number of amides is 1. The average molecular weight is 363 g/mol. The van der Waals surface area contributed by atoms with Crippen molar-refractivity contribution < 1.29 is 4.79 Å². The molecule has 4 rings (SSSR count). The minimum absolute atomic E-state index is 0.106. The molecule has 0 saturated carbocycles. The van der Waals surface area contributed by atoms with Gasteiger partial charge in [-0.2, -0.15) is 0 Å². The number of carbonyl (C=O) groups excluding carboxylic acids is 1. The molecule has 1 amide bonds. The van der Waals surface area contributed by atoms with Gasteiger partial charge in [-0.3, -0.25) is 14.1 Å². The van der Waals surface area contributed by atoms with Crippen molar-refractivity contribution in [2.24, 2.45) is 0 Å². The summed E-state index contributed by atoms with van der Waals surface area (Å²) in [6.45, 7) is 3.09. The van der Waals surface area contributed by atoms with Crippen LogP contribution < -0.4 is 5.32 Å². The first kappa shape index (κ1) is 17.7. The van der Waals surface area contributed by atoms with Crippen molar-refractivity contribution in [3.05, 3.63) is 66.1 Å². The highest BCUT2D eigenvalue weighted by molar-refractivity contribution is 5.78. The minimum Gasteiger partial charge on any atom is -0.355 e. The second-order valence-electron chi connectivity index (χ2n) is 7.13. The summed E-state index contributed by atoms with van der Waals surface area (Å²) in [5.74, 6) is 1.58. The van der Waals surface area contributed by atoms with Crippen molar-refractivity contribution in [3.8, 4) is 0 Å². The molecule has 1 N–H and O–H groups in total. The van der Waals surface area contributed by atoms with Crippen LogP contribution in [0, 0.1) is 0 Å². The zero-order chi connectivity index (χ0) is 18.5. The SMILES string of the molecule is O=C(CN1CC[C@@H](c2ccccc2)C1)NCCCc1nnc2ccccn12. The smallest absolute Gasteiger partial charge is 0.234 e. The van der Waals surface area contributed by atoms with Gasteiger partial charge in [0.2, 0.25) is 5.91 Å². The van der Waals surface area contributed by atoms with Crippen LogP contribution in [0.15, 0.2) is 54.7 Å². The molecule has 2 aromatic heterocycles. The van der Waals surface area contributed by atoms with E-state index in [9.17, 15) is 4.79 Å². The molecule has 0 radical (unpaired) electrons. The maximum atomic E-state index is 12.2. The molecule has 1 aliphatic heterocycles. The first-order valence-electron chi connectivity index (χ1n) is 9.62. The zero-order valence-corrected chi connectivity index (χ0v) is 15.4. The summed E-state index contributed by atoms with van der Waals surface area (Å²) in [5, 5.41) is 11.4. The fraction of sp³-hybridized carbons (Fsp3) is 0.381. The molecule has 27 heavy (non-hydrogen) atoms. The van der Waals surface area contributed by atoms with Crippen LogP contribution in [0.25, 0.3) is 5.65 Å². The topological polar surface area (TPSA) is 62.5 Å². The van der Waals surface area contributed by atoms with Crippen molar-refractivity contribution in [2.45, 2.75) is 25.2 Å². The number of nitrogens with one attached hydrogen (secondary N) is 1. The van der Waals surface area contributed by atoms with Gasteiger partial charge in [-0.1, -0.05) is 36.4 Å². The molecule has 140 valence electrons. The third kappa shape index (κ3) is 4.34. The molecule has 3 aromatic rings. The summed E-state index contributed by atoms with van der Waals surface area (Å²) in [7, 11) is 0. The second-order valence-corrected chi connectivity index (χ2v) is 7.13. The second kappa shape index (κ2) is 8.31. The lowest BCUT2D eigenvalue weighted by molar-refractivity contribution is -0.122. The Bertz CT molecular complexity index is 892. The molecule has 6 nitrogen and oxygen atoms in total. The van der Waals surface area contributed by atoms with Gasteiger partial charge >= 0.3 is 0 Å². The van der Waals surface area contributed by atoms with Crippen molar-refractivity contribution in [2.75, 3.05) is 26.2 Å². The monoisotopic (exact) mass is 363 g/mol. The highest BCUT2D eigenvalue weighted by Gasteiger charge is 2.24. The quantitative estimate of drug-likeness (QED) is 0.654. The fourth-order valence-corrected chi connectivity index (χ4v) is 3.77. The summed E-state index contributed by atoms with van der Waals surface area (Å²) < 4.78 is 2.00. The van der Waals surface area contributed by atoms with E-state index in [1.807, 2.05) is 34.9 Å². The Morgan fingerprint density at radius 1 is 1.11 bits per heavy atom. The summed E-state index contributed by atoms with van der Waals surface area (Å²) >= 11 is 0. The van der Waals surface area contributed by atoms with Crippen molar-refractivity contribution in [3.63, 3.8) is 0 Å². The normalized spacial score (nSPS) is 17.4. The first-order chi connectivity index (χ1) is 13.3. The molecular weight excluding hydrogens is 338 g/mol. The number of aromatic nitrogens is 3. The lowest BCUT2D eigenvalue weighted by Gasteiger charge is -2.16. The van der Waals surface area contributed by atoms with E-state index in [2.05, 4.69) is 44.7 Å². The molecule has 1 atom stereocenters. The standard InChI is InChI=1S/C21H25N5O/c27-21(16-25-14-11-18(15-25)17-7-2-1-3-8-17)22-12-6-10-20-24-23-19-9-4-5-13-26(19)20/h1-5,7-9,13,18H,6,10-12,14-16H2,(H,22,27)/t18-/m1/s1. The molecule has 0 spiro atoms. The van der Waals surface area contributed by atoms with E-state index < -0.39 is 0 Å². The highest BCUT2D eigenvalue weighted by atomic mass is 16.2. The molecule has 1 aromatic carbocycles. The Balaban J connectivity index is 1.18. The number of hydrogen-bond acceptors (Lipinski definition) is 4. The number of hydrogen-bond donors (Lipinski definition) is 1. The molecule has 0 aliphatic carbocycles. The lowest BCUT2D eigenvalue weighted by Crippen LogP contribution is -2.36. The van der Waals surface area contributed by atoms with E-state index in [1.54, 1.807) is 0 Å². The van der Waals surface area contributed by atoms with Gasteiger partial charge in [0.15, 0.2) is 5.65 Å². The van der Waals surface area contributed by atoms with Gasteiger partial charge in [-0.25, -0.2) is 0 Å². The number of pyridine rings is 1. The number of likely N-dealkylation sites (tertiary alicyclic amines) is 1. The van der Waals surface area contributed by atoms with Crippen LogP contribution in [0.1, 0.15) is 30.1 Å². The zero-order valence-electron chi connectivity index (χ0n) is 15.4. The third-order valence-electron chi connectivity index (χ3n) is 5.19. The molecule has 1 saturated heterocycles. The van der Waals surface area contributed by atoms with Gasteiger partial charge in [-0.05, 0) is 43.0 Å². The minimum atomic E-state index is 0.106. The maximum absolute atomic E-state index is 12.2. The summed E-state index contributed by atoms with van der Waals surface area (Å²) in [6, 6.07) is 16.5. The number of carbonyl (C=O) groups is 1. The number of fused-ring (bicyclic) bond motifs is 1. The van der Waals surface area contributed by atoms with Crippen molar-refractivity contribution in [1.82, 2.24) is 24.8 Å². The Hall–Kier alpha value is -2.73. The summed E-state index contributed by atoms with van der Waals surface area (Å²) in [6.07, 6.45) is 4.75. The van der Waals surface area contributed by atoms with Crippen LogP contribution in [0.3, 0.4) is 0 Å². The van der Waals surface area contributed by atoms with Gasteiger partial charge in [0.25, 0.3) is 0 Å². The van der Waals surface area contributed by atoms with Crippen LogP contribution in [0.5, 0.6) is 0 Å². The predicted octanol–water partition coefficient (Wildman–Crippen LogP) is 2.27. The highest BCUT2D eigenvalue weighted by Crippen LogP contribution is 2.26. The molecule has 6 heteroatoms. The Labute approximate surface area is 159 Å². The van der Waals surface area contributed by atoms with E-state index in [0.717, 1.165) is 43.8 Å². The van der Waals surface area contributed by atoms with E-state index in [0.29, 0.717) is 19.0 Å². The number of nitrogens with zero attached hydrogens (tertiary/aromatic N) is 4. The van der Waals surface area contributed by atoms with Crippen molar-refractivity contribution >= 4 is 11.6 Å². The molecular formula is C21H25N5O. The molecule has 0 bridgehead atoms. The largest absolute Gasteiger partial charge is 0.355 e. The van der Waals surface area contributed by atoms with Crippen LogP contribution in [-0.4, -0.2) is 51.6 Å². The van der Waals surface area contributed by atoms with Crippen LogP contribution >= 0.6 is 0 Å². The Kier molecular flexibility index (Phi) is 5.44. The molecule has 0 unspecified atom stereocenters. The van der Waals surface area contributed by atoms with E-state index in [4.69, 9.17) is 0 Å². The lowest BCUT2D eigenvalue weighted by atomic mass is 9.99. The van der Waals surface area contributed by atoms with Gasteiger partial charge in [0.05, 0.1) is 6.54 Å². The van der Waals surface area contributed by atoms with Crippen LogP contribution in [-0.2, 0) is 11.2 Å². The summed E-state index contributed by atoms with van der Waals surface area (Å²) in [4.78, 5) is 14.5. The average Bonchev–Trinajstić information content (AvgIpc) is 3.33. The van der Waals surface area contributed by atoms with E-state index >= 15 is 0 Å². The van der Waals surface area contributed by atoms with Gasteiger partial charge in [0.1, 0.15) is 5.82 Å². The van der Waals surface area contributed by atoms with Gasteiger partial charge in [-0.15, -0.1) is 10.2 Å². The number of benzene rings is 1. The van der Waals surface area contributed by atoms with Crippen LogP contribution in [0.2, 0.25) is 0 Å². The first-order valence-corrected chi connectivity index (χ1v) is 9.62. The summed E-state index contributed by atoms with van der Waals surface area (Å²) in [5.41, 5.74) is 2.24. The maximum Gasteiger partial charge on any atom is 0.234 e. The molecule has 1 aliphatic rings. The van der Waals surface area contributed by atoms with E-state index in [-0.39, 0.29) is 5.91 Å². The van der Waals surface area contributed by atoms with E-state index in [1.165, 1.54) is 5.56 Å². The van der Waals surface area contributed by atoms with Crippen molar-refractivity contribution in [1.29, 1.82) is 0 Å². The van der Waals surface area contributed by atoms with Gasteiger partial charge in [0, 0.05) is 25.7 Å². The molecule has 1 fully saturated rings. The number of rotatable bonds is 7. The Morgan fingerprint density at radius 3 is 2.85 bits per heavy atom. The third-order valence-corrected chi connectivity index (χ3v) is 5.19. The molecule has 3 heterocycles. The predicted molar refractivity (Wildman–Crippen MR) is 105 cm³/mol. The number of aryl methyl sites for hydroxylation is 1. The van der Waals surface area contributed by atoms with Gasteiger partial charge < -0.3 is 5.32 Å². The Morgan fingerprint density at radius 2 is 1.96 bits per heavy atom.